The van der Waals surface area contributed by atoms with Crippen molar-refractivity contribution < 1.29 is 4.79 Å². The Morgan fingerprint density at radius 2 is 1.90 bits per heavy atom. The van der Waals surface area contributed by atoms with Crippen molar-refractivity contribution in [1.29, 1.82) is 0 Å². The van der Waals surface area contributed by atoms with Gasteiger partial charge in [0.15, 0.2) is 0 Å². The van der Waals surface area contributed by atoms with Gasteiger partial charge in [-0.1, -0.05) is 35.9 Å². The summed E-state index contributed by atoms with van der Waals surface area (Å²) >= 11 is 7.66. The molecule has 21 heavy (non-hydrogen) atoms. The summed E-state index contributed by atoms with van der Waals surface area (Å²) in [7, 11) is 0. The lowest BCUT2D eigenvalue weighted by Gasteiger charge is -2.05. The number of para-hydroxylation sites is 1. The summed E-state index contributed by atoms with van der Waals surface area (Å²) in [6.07, 6.45) is 0.718. The number of hydrogen-bond acceptors (Lipinski definition) is 3. The number of benzene rings is 2. The molecule has 0 aliphatic carbocycles. The number of fused-ring (bicyclic) bond motifs is 1. The van der Waals surface area contributed by atoms with E-state index in [0.717, 1.165) is 16.9 Å². The largest absolute Gasteiger partial charge is 0.352 e. The van der Waals surface area contributed by atoms with Crippen molar-refractivity contribution >= 4 is 39.1 Å². The molecular weight excluding hydrogens is 304 g/mol. The van der Waals surface area contributed by atoms with E-state index in [1.165, 1.54) is 4.70 Å². The normalized spacial score (nSPS) is 10.7. The first-order chi connectivity index (χ1) is 10.2. The fourth-order valence-corrected chi connectivity index (χ4v) is 3.24. The molecule has 2 aromatic carbocycles. The summed E-state index contributed by atoms with van der Waals surface area (Å²) in [6.45, 7) is 0.546. The minimum Gasteiger partial charge on any atom is -0.352 e. The van der Waals surface area contributed by atoms with Crippen LogP contribution in [-0.4, -0.2) is 17.4 Å². The van der Waals surface area contributed by atoms with Gasteiger partial charge in [0.2, 0.25) is 0 Å². The Kier molecular flexibility index (Phi) is 4.18. The molecule has 0 spiro atoms. The van der Waals surface area contributed by atoms with Crippen molar-refractivity contribution in [1.82, 2.24) is 10.3 Å². The molecule has 5 heteroatoms. The second-order valence-electron chi connectivity index (χ2n) is 4.56. The van der Waals surface area contributed by atoms with Crippen molar-refractivity contribution in [3.8, 4) is 0 Å². The quantitative estimate of drug-likeness (QED) is 0.792. The monoisotopic (exact) mass is 316 g/mol. The van der Waals surface area contributed by atoms with Crippen molar-refractivity contribution in [2.24, 2.45) is 0 Å². The van der Waals surface area contributed by atoms with Crippen molar-refractivity contribution in [3.63, 3.8) is 0 Å². The molecule has 0 bridgehead atoms. The molecule has 106 valence electrons. The van der Waals surface area contributed by atoms with Crippen molar-refractivity contribution in [2.75, 3.05) is 6.54 Å². The number of nitrogens with zero attached hydrogens (tertiary/aromatic N) is 1. The average Bonchev–Trinajstić information content (AvgIpc) is 2.90. The van der Waals surface area contributed by atoms with Gasteiger partial charge in [0, 0.05) is 13.0 Å². The summed E-state index contributed by atoms with van der Waals surface area (Å²) in [5.74, 6) is -0.151. The van der Waals surface area contributed by atoms with Gasteiger partial charge in [-0.05, 0) is 24.3 Å². The molecule has 0 aliphatic rings. The molecule has 0 unspecified atom stereocenters. The summed E-state index contributed by atoms with van der Waals surface area (Å²) in [5.41, 5.74) is 1.51. The highest BCUT2D eigenvalue weighted by atomic mass is 35.5. The van der Waals surface area contributed by atoms with Crippen LogP contribution in [0, 0.1) is 0 Å². The topological polar surface area (TPSA) is 42.0 Å². The van der Waals surface area contributed by atoms with E-state index in [0.29, 0.717) is 17.1 Å². The van der Waals surface area contributed by atoms with Crippen LogP contribution in [0.3, 0.4) is 0 Å². The van der Waals surface area contributed by atoms with E-state index in [1.54, 1.807) is 35.6 Å². The number of nitrogens with one attached hydrogen (secondary N) is 1. The third-order valence-corrected chi connectivity index (χ3v) is 4.51. The third kappa shape index (κ3) is 3.23. The average molecular weight is 317 g/mol. The molecule has 0 fully saturated rings. The van der Waals surface area contributed by atoms with Gasteiger partial charge in [-0.3, -0.25) is 4.79 Å². The predicted octanol–water partition coefficient (Wildman–Crippen LogP) is 3.92. The molecule has 0 saturated carbocycles. The number of carbonyl (C=O) groups is 1. The van der Waals surface area contributed by atoms with Crippen LogP contribution in [0.2, 0.25) is 5.02 Å². The van der Waals surface area contributed by atoms with Crippen molar-refractivity contribution in [2.45, 2.75) is 6.42 Å². The molecule has 3 rings (SSSR count). The maximum atomic E-state index is 12.0. The van der Waals surface area contributed by atoms with Crippen LogP contribution in [0.25, 0.3) is 10.2 Å². The summed E-state index contributed by atoms with van der Waals surface area (Å²) in [6, 6.07) is 15.1. The zero-order chi connectivity index (χ0) is 14.7. The number of carbonyl (C=O) groups excluding carboxylic acids is 1. The van der Waals surface area contributed by atoms with Crippen LogP contribution in [0.4, 0.5) is 0 Å². The predicted molar refractivity (Wildman–Crippen MR) is 87.1 cm³/mol. The zero-order valence-corrected chi connectivity index (χ0v) is 12.7. The lowest BCUT2D eigenvalue weighted by molar-refractivity contribution is 0.0954. The van der Waals surface area contributed by atoms with Crippen LogP contribution in [0.1, 0.15) is 15.4 Å². The van der Waals surface area contributed by atoms with Gasteiger partial charge in [-0.25, -0.2) is 4.98 Å². The molecule has 1 N–H and O–H groups in total. The first-order valence-corrected chi connectivity index (χ1v) is 7.80. The van der Waals surface area contributed by atoms with Gasteiger partial charge >= 0.3 is 0 Å². The van der Waals surface area contributed by atoms with E-state index in [9.17, 15) is 4.79 Å². The number of amides is 1. The summed E-state index contributed by atoms with van der Waals surface area (Å²) in [4.78, 5) is 16.6. The first-order valence-electron chi connectivity index (χ1n) is 6.61. The lowest BCUT2D eigenvalue weighted by atomic mass is 10.2. The Balaban J connectivity index is 1.61. The molecule has 0 aliphatic heterocycles. The van der Waals surface area contributed by atoms with E-state index in [-0.39, 0.29) is 5.91 Å². The van der Waals surface area contributed by atoms with Gasteiger partial charge in [-0.2, -0.15) is 0 Å². The standard InChI is InChI=1S/C16H13ClN2OS/c17-12-6-2-1-5-11(12)16(20)18-10-9-15-19-13-7-3-4-8-14(13)21-15/h1-8H,9-10H2,(H,18,20). The SMILES string of the molecule is O=C(NCCc1nc2ccccc2s1)c1ccccc1Cl. The number of hydrogen-bond donors (Lipinski definition) is 1. The Morgan fingerprint density at radius 1 is 1.14 bits per heavy atom. The number of halogens is 1. The Morgan fingerprint density at radius 3 is 2.71 bits per heavy atom. The Labute approximate surface area is 131 Å². The van der Waals surface area contributed by atoms with E-state index >= 15 is 0 Å². The molecule has 3 nitrogen and oxygen atoms in total. The van der Waals surface area contributed by atoms with E-state index in [1.807, 2.05) is 18.2 Å². The van der Waals surface area contributed by atoms with Gasteiger partial charge < -0.3 is 5.32 Å². The van der Waals surface area contributed by atoms with Gasteiger partial charge in [0.25, 0.3) is 5.91 Å². The van der Waals surface area contributed by atoms with Crippen LogP contribution >= 0.6 is 22.9 Å². The molecule has 0 saturated heterocycles. The lowest BCUT2D eigenvalue weighted by Crippen LogP contribution is -2.25. The van der Waals surface area contributed by atoms with Gasteiger partial charge in [-0.15, -0.1) is 11.3 Å². The van der Waals surface area contributed by atoms with Crippen LogP contribution in [-0.2, 0) is 6.42 Å². The van der Waals surface area contributed by atoms with Gasteiger partial charge in [0.1, 0.15) is 0 Å². The number of rotatable bonds is 4. The second kappa shape index (κ2) is 6.24. The molecular formula is C16H13ClN2OS. The van der Waals surface area contributed by atoms with E-state index < -0.39 is 0 Å². The highest BCUT2D eigenvalue weighted by Crippen LogP contribution is 2.21. The molecule has 3 aromatic rings. The molecule has 1 amide bonds. The summed E-state index contributed by atoms with van der Waals surface area (Å²) in [5, 5.41) is 4.37. The molecule has 1 heterocycles. The first kappa shape index (κ1) is 14.0. The van der Waals surface area contributed by atoms with Crippen LogP contribution in [0.5, 0.6) is 0 Å². The zero-order valence-electron chi connectivity index (χ0n) is 11.2. The maximum absolute atomic E-state index is 12.0. The molecule has 1 aromatic heterocycles. The summed E-state index contributed by atoms with van der Waals surface area (Å²) < 4.78 is 1.17. The molecule has 0 radical (unpaired) electrons. The Hall–Kier alpha value is -1.91. The fraction of sp³-hybridized carbons (Fsp3) is 0.125. The smallest absolute Gasteiger partial charge is 0.252 e. The highest BCUT2D eigenvalue weighted by Gasteiger charge is 2.09. The van der Waals surface area contributed by atoms with E-state index in [4.69, 9.17) is 11.6 Å². The van der Waals surface area contributed by atoms with Gasteiger partial charge in [0.05, 0.1) is 25.8 Å². The van der Waals surface area contributed by atoms with Crippen LogP contribution < -0.4 is 5.32 Å². The number of aromatic nitrogens is 1. The highest BCUT2D eigenvalue weighted by molar-refractivity contribution is 7.18. The fourth-order valence-electron chi connectivity index (χ4n) is 2.05. The number of thiazole rings is 1. The minimum absolute atomic E-state index is 0.151. The molecule has 0 atom stereocenters. The van der Waals surface area contributed by atoms with Crippen molar-refractivity contribution in [3.05, 3.63) is 64.1 Å². The second-order valence-corrected chi connectivity index (χ2v) is 6.08. The van der Waals surface area contributed by atoms with Crippen LogP contribution in [0.15, 0.2) is 48.5 Å². The maximum Gasteiger partial charge on any atom is 0.252 e. The minimum atomic E-state index is -0.151. The third-order valence-electron chi connectivity index (χ3n) is 3.08. The van der Waals surface area contributed by atoms with E-state index in [2.05, 4.69) is 16.4 Å². The Bertz CT molecular complexity index is 752.